The number of carboxylic acids is 1. The molecule has 0 aliphatic heterocycles. The molecule has 3 heteroatoms. The zero-order chi connectivity index (χ0) is 9.56. The monoisotopic (exact) mass is 280 g/mol. The van der Waals surface area contributed by atoms with Gasteiger partial charge in [-0.15, -0.1) is 0 Å². The van der Waals surface area contributed by atoms with Gasteiger partial charge in [-0.3, -0.25) is 0 Å². The second-order valence-electron chi connectivity index (χ2n) is 2.66. The number of hydrogen-bond acceptors (Lipinski definition) is 1. The second-order valence-corrected chi connectivity index (χ2v) is 3.74. The Balaban J connectivity index is 4.22. The van der Waals surface area contributed by atoms with Gasteiger partial charge in [-0.2, -0.15) is 0 Å². The van der Waals surface area contributed by atoms with Gasteiger partial charge in [0.05, 0.1) is 0 Å². The first-order valence-corrected chi connectivity index (χ1v) is 5.23. The van der Waals surface area contributed by atoms with Crippen LogP contribution < -0.4 is 0 Å². The number of aliphatic carboxylic acids is 1. The summed E-state index contributed by atoms with van der Waals surface area (Å²) in [5.41, 5.74) is 2.02. The molecular formula is C9H13IO2. The highest BCUT2D eigenvalue weighted by Crippen LogP contribution is 2.07. The van der Waals surface area contributed by atoms with Crippen molar-refractivity contribution in [3.8, 4) is 0 Å². The topological polar surface area (TPSA) is 37.3 Å². The Morgan fingerprint density at radius 2 is 2.00 bits per heavy atom. The van der Waals surface area contributed by atoms with Crippen molar-refractivity contribution in [2.24, 2.45) is 0 Å². The summed E-state index contributed by atoms with van der Waals surface area (Å²) in [6.45, 7) is 3.81. The molecule has 0 spiro atoms. The molecular weight excluding hydrogens is 267 g/mol. The fraction of sp³-hybridized carbons (Fsp3) is 0.444. The molecule has 0 aromatic heterocycles. The number of carboxylic acid groups (broad SMARTS) is 1. The number of allylic oxidation sites excluding steroid dienone is 3. The Hall–Kier alpha value is -0.320. The summed E-state index contributed by atoms with van der Waals surface area (Å²) in [6, 6.07) is 0. The molecule has 0 radical (unpaired) electrons. The molecule has 0 aliphatic rings. The lowest BCUT2D eigenvalue weighted by molar-refractivity contribution is -0.131. The standard InChI is InChI=1S/C9H13IO2/c1-7(3-4-10)5-8(2)6-9(11)12/h5-6H,3-4H2,1-2H3,(H,11,12)/b7-5+,8-6-. The Kier molecular flexibility index (Phi) is 6.06. The average Bonchev–Trinajstić information content (AvgIpc) is 1.84. The van der Waals surface area contributed by atoms with E-state index in [1.165, 1.54) is 11.6 Å². The van der Waals surface area contributed by atoms with Crippen LogP contribution in [0.25, 0.3) is 0 Å². The van der Waals surface area contributed by atoms with Gasteiger partial charge in [-0.1, -0.05) is 34.2 Å². The number of carbonyl (C=O) groups is 1. The maximum absolute atomic E-state index is 10.2. The summed E-state index contributed by atoms with van der Waals surface area (Å²) in [4.78, 5) is 10.2. The lowest BCUT2D eigenvalue weighted by Gasteiger charge is -1.96. The minimum absolute atomic E-state index is 0.796. The fourth-order valence-corrected chi connectivity index (χ4v) is 1.70. The van der Waals surface area contributed by atoms with Gasteiger partial charge in [-0.05, 0) is 25.8 Å². The van der Waals surface area contributed by atoms with Crippen molar-refractivity contribution in [3.63, 3.8) is 0 Å². The Morgan fingerprint density at radius 1 is 1.42 bits per heavy atom. The zero-order valence-electron chi connectivity index (χ0n) is 7.30. The number of hydrogen-bond donors (Lipinski definition) is 1. The lowest BCUT2D eigenvalue weighted by Crippen LogP contribution is -1.89. The van der Waals surface area contributed by atoms with Gasteiger partial charge in [-0.25, -0.2) is 4.79 Å². The molecule has 0 amide bonds. The smallest absolute Gasteiger partial charge is 0.328 e. The minimum atomic E-state index is -0.883. The third kappa shape index (κ3) is 6.39. The van der Waals surface area contributed by atoms with Crippen molar-refractivity contribution >= 4 is 28.6 Å². The molecule has 0 aromatic carbocycles. The van der Waals surface area contributed by atoms with Crippen LogP contribution in [0.1, 0.15) is 20.3 Å². The molecule has 0 unspecified atom stereocenters. The molecule has 0 heterocycles. The van der Waals surface area contributed by atoms with Crippen LogP contribution in [0.2, 0.25) is 0 Å². The highest BCUT2D eigenvalue weighted by molar-refractivity contribution is 14.1. The van der Waals surface area contributed by atoms with E-state index in [1.807, 2.05) is 13.0 Å². The summed E-state index contributed by atoms with van der Waals surface area (Å²) >= 11 is 2.30. The lowest BCUT2D eigenvalue weighted by atomic mass is 10.1. The van der Waals surface area contributed by atoms with Crippen molar-refractivity contribution in [2.75, 3.05) is 4.43 Å². The largest absolute Gasteiger partial charge is 0.478 e. The van der Waals surface area contributed by atoms with Crippen LogP contribution in [-0.4, -0.2) is 15.5 Å². The van der Waals surface area contributed by atoms with Gasteiger partial charge >= 0.3 is 5.97 Å². The van der Waals surface area contributed by atoms with E-state index in [0.29, 0.717) is 0 Å². The van der Waals surface area contributed by atoms with E-state index < -0.39 is 5.97 Å². The summed E-state index contributed by atoms with van der Waals surface area (Å²) in [7, 11) is 0. The highest BCUT2D eigenvalue weighted by Gasteiger charge is 1.92. The molecule has 0 atom stereocenters. The first kappa shape index (κ1) is 11.7. The third-order valence-corrected chi connectivity index (χ3v) is 1.85. The van der Waals surface area contributed by atoms with Crippen LogP contribution in [0.5, 0.6) is 0 Å². The van der Waals surface area contributed by atoms with Gasteiger partial charge < -0.3 is 5.11 Å². The molecule has 12 heavy (non-hydrogen) atoms. The average molecular weight is 280 g/mol. The molecule has 0 aromatic rings. The Labute approximate surface area is 86.5 Å². The maximum atomic E-state index is 10.2. The maximum Gasteiger partial charge on any atom is 0.328 e. The van der Waals surface area contributed by atoms with Crippen molar-refractivity contribution in [1.29, 1.82) is 0 Å². The predicted molar refractivity (Wildman–Crippen MR) is 58.7 cm³/mol. The Bertz CT molecular complexity index is 217. The van der Waals surface area contributed by atoms with Gasteiger partial charge in [0.25, 0.3) is 0 Å². The Morgan fingerprint density at radius 3 is 2.42 bits per heavy atom. The second kappa shape index (κ2) is 6.22. The van der Waals surface area contributed by atoms with Crippen molar-refractivity contribution in [3.05, 3.63) is 23.3 Å². The van der Waals surface area contributed by atoms with Crippen LogP contribution in [0.3, 0.4) is 0 Å². The van der Waals surface area contributed by atoms with Gasteiger partial charge in [0, 0.05) is 10.5 Å². The van der Waals surface area contributed by atoms with Crippen LogP contribution in [0.15, 0.2) is 23.3 Å². The van der Waals surface area contributed by atoms with E-state index in [-0.39, 0.29) is 0 Å². The van der Waals surface area contributed by atoms with Gasteiger partial charge in [0.15, 0.2) is 0 Å². The molecule has 0 bridgehead atoms. The fourth-order valence-electron chi connectivity index (χ4n) is 0.846. The quantitative estimate of drug-likeness (QED) is 0.372. The molecule has 0 aliphatic carbocycles. The first-order chi connectivity index (χ1) is 5.56. The van der Waals surface area contributed by atoms with E-state index in [1.54, 1.807) is 6.92 Å². The normalized spacial score (nSPS) is 13.2. The van der Waals surface area contributed by atoms with Crippen molar-refractivity contribution in [2.45, 2.75) is 20.3 Å². The van der Waals surface area contributed by atoms with E-state index in [2.05, 4.69) is 22.6 Å². The zero-order valence-corrected chi connectivity index (χ0v) is 9.46. The van der Waals surface area contributed by atoms with Crippen LogP contribution >= 0.6 is 22.6 Å². The summed E-state index contributed by atoms with van der Waals surface area (Å²) < 4.78 is 1.07. The van der Waals surface area contributed by atoms with Crippen molar-refractivity contribution in [1.82, 2.24) is 0 Å². The minimum Gasteiger partial charge on any atom is -0.478 e. The molecule has 0 saturated heterocycles. The molecule has 2 nitrogen and oxygen atoms in total. The summed E-state index contributed by atoms with van der Waals surface area (Å²) in [6.07, 6.45) is 4.15. The number of rotatable bonds is 4. The van der Waals surface area contributed by atoms with E-state index >= 15 is 0 Å². The SMILES string of the molecule is CC(=C/C(=O)O)/C=C(\C)CCI. The van der Waals surface area contributed by atoms with Gasteiger partial charge in [0.2, 0.25) is 0 Å². The van der Waals surface area contributed by atoms with Crippen LogP contribution in [-0.2, 0) is 4.79 Å². The predicted octanol–water partition coefficient (Wildman–Crippen LogP) is 2.79. The molecule has 68 valence electrons. The van der Waals surface area contributed by atoms with Gasteiger partial charge in [0.1, 0.15) is 0 Å². The van der Waals surface area contributed by atoms with E-state index in [4.69, 9.17) is 5.11 Å². The van der Waals surface area contributed by atoms with E-state index in [0.717, 1.165) is 16.4 Å². The molecule has 0 saturated carbocycles. The summed E-state index contributed by atoms with van der Waals surface area (Å²) in [5.74, 6) is -0.883. The first-order valence-electron chi connectivity index (χ1n) is 3.70. The van der Waals surface area contributed by atoms with Crippen molar-refractivity contribution < 1.29 is 9.90 Å². The number of halogens is 1. The van der Waals surface area contributed by atoms with E-state index in [9.17, 15) is 4.79 Å². The summed E-state index contributed by atoms with van der Waals surface area (Å²) in [5, 5.41) is 8.42. The van der Waals surface area contributed by atoms with Crippen LogP contribution in [0.4, 0.5) is 0 Å². The molecule has 0 rings (SSSR count). The number of alkyl halides is 1. The molecule has 0 fully saturated rings. The molecule has 1 N–H and O–H groups in total. The van der Waals surface area contributed by atoms with Crippen LogP contribution in [0, 0.1) is 0 Å². The third-order valence-electron chi connectivity index (χ3n) is 1.31. The highest BCUT2D eigenvalue weighted by atomic mass is 127.